The molecular weight excluding hydrogens is 558 g/mol. The van der Waals surface area contributed by atoms with E-state index in [9.17, 15) is 9.90 Å². The first-order valence-corrected chi connectivity index (χ1v) is 15.5. The summed E-state index contributed by atoms with van der Waals surface area (Å²) in [6, 6.07) is 6.35. The lowest BCUT2D eigenvalue weighted by molar-refractivity contribution is -0.110. The van der Waals surface area contributed by atoms with Gasteiger partial charge in [0.15, 0.2) is 17.3 Å². The molecule has 0 bridgehead atoms. The van der Waals surface area contributed by atoms with Crippen LogP contribution in [0.3, 0.4) is 0 Å². The zero-order valence-corrected chi connectivity index (χ0v) is 25.3. The average molecular weight is 594 g/mol. The molecule has 2 fully saturated rings. The number of hydrogen-bond acceptors (Lipinski definition) is 6. The van der Waals surface area contributed by atoms with Crippen molar-refractivity contribution < 1.29 is 19.4 Å². The van der Waals surface area contributed by atoms with Crippen molar-refractivity contribution in [2.75, 3.05) is 6.79 Å². The Labute approximate surface area is 257 Å². The van der Waals surface area contributed by atoms with Gasteiger partial charge in [-0.3, -0.25) is 10.2 Å². The number of hydrazone groups is 1. The fraction of sp³-hybridized carbons (Fsp3) is 0.429. The van der Waals surface area contributed by atoms with Gasteiger partial charge in [-0.2, -0.15) is 5.10 Å². The Morgan fingerprint density at radius 2 is 1.93 bits per heavy atom. The van der Waals surface area contributed by atoms with E-state index in [-0.39, 0.29) is 29.0 Å². The van der Waals surface area contributed by atoms with Crippen molar-refractivity contribution in [1.29, 1.82) is 0 Å². The largest absolute Gasteiger partial charge is 0.454 e. The molecule has 43 heavy (non-hydrogen) atoms. The third kappa shape index (κ3) is 4.79. The molecule has 0 amide bonds. The number of aliphatic hydroxyl groups is 1. The highest BCUT2D eigenvalue weighted by molar-refractivity contribution is 7.80. The van der Waals surface area contributed by atoms with Gasteiger partial charge in [-0.05, 0) is 135 Å². The van der Waals surface area contributed by atoms with Gasteiger partial charge in [0, 0.05) is 11.3 Å². The topological polar surface area (TPSA) is 92.5 Å². The molecule has 5 atom stereocenters. The zero-order chi connectivity index (χ0) is 29.8. The Morgan fingerprint density at radius 1 is 1.12 bits per heavy atom. The van der Waals surface area contributed by atoms with E-state index in [2.05, 4.69) is 52.5 Å². The number of nitrogens with one attached hydrogen (secondary N) is 1. The van der Waals surface area contributed by atoms with Gasteiger partial charge in [0.05, 0.1) is 11.4 Å². The Bertz CT molecular complexity index is 1650. The van der Waals surface area contributed by atoms with Crippen LogP contribution < -0.4 is 14.9 Å². The van der Waals surface area contributed by atoms with Crippen LogP contribution in [-0.2, 0) is 4.79 Å². The molecule has 7 nitrogen and oxygen atoms in total. The number of aliphatic imine (C=N–C) groups is 1. The summed E-state index contributed by atoms with van der Waals surface area (Å²) in [7, 11) is 0. The van der Waals surface area contributed by atoms with Crippen molar-refractivity contribution in [2.24, 2.45) is 27.3 Å². The number of hydrogen-bond donors (Lipinski definition) is 2. The maximum Gasteiger partial charge on any atom is 0.231 e. The molecule has 6 aliphatic rings. The monoisotopic (exact) mass is 593 g/mol. The van der Waals surface area contributed by atoms with E-state index in [1.165, 1.54) is 34.4 Å². The fourth-order valence-corrected chi connectivity index (χ4v) is 8.54. The molecule has 0 unspecified atom stereocenters. The van der Waals surface area contributed by atoms with Crippen molar-refractivity contribution in [3.8, 4) is 23.3 Å². The maximum atomic E-state index is 11.9. The molecule has 0 radical (unpaired) electrons. The van der Waals surface area contributed by atoms with Gasteiger partial charge in [0.25, 0.3) is 0 Å². The number of thiocarbonyl (C=S) groups is 1. The number of benzene rings is 1. The number of carbonyl (C=O) groups is 1. The molecule has 1 aliphatic heterocycles. The number of nitrogens with zero attached hydrogens (tertiary/aromatic N) is 2. The molecule has 8 heteroatoms. The maximum absolute atomic E-state index is 11.9. The van der Waals surface area contributed by atoms with E-state index in [1.54, 1.807) is 12.2 Å². The number of ether oxygens (including phenoxy) is 2. The summed E-state index contributed by atoms with van der Waals surface area (Å²) in [5, 5.41) is 16.8. The van der Waals surface area contributed by atoms with Crippen molar-refractivity contribution in [3.05, 3.63) is 70.9 Å². The van der Waals surface area contributed by atoms with Gasteiger partial charge in [0.1, 0.15) is 5.60 Å². The molecule has 0 aromatic heterocycles. The predicted octanol–water partition coefficient (Wildman–Crippen LogP) is 5.87. The molecule has 1 aromatic carbocycles. The van der Waals surface area contributed by atoms with Crippen LogP contribution in [0.25, 0.3) is 0 Å². The Balaban J connectivity index is 1.23. The lowest BCUT2D eigenvalue weighted by Crippen LogP contribution is -2.51. The molecular formula is C35H35N3O4S. The summed E-state index contributed by atoms with van der Waals surface area (Å²) in [5.74, 6) is 8.77. The molecule has 2 N–H and O–H groups in total. The van der Waals surface area contributed by atoms with E-state index in [0.717, 1.165) is 62.2 Å². The summed E-state index contributed by atoms with van der Waals surface area (Å²) in [5.41, 5.74) is 8.79. The van der Waals surface area contributed by atoms with Crippen molar-refractivity contribution >= 4 is 34.5 Å². The highest BCUT2D eigenvalue weighted by Crippen LogP contribution is 2.66. The summed E-state index contributed by atoms with van der Waals surface area (Å²) >= 11 is 5.38. The summed E-state index contributed by atoms with van der Waals surface area (Å²) < 4.78 is 11.4. The highest BCUT2D eigenvalue weighted by atomic mass is 32.1. The normalized spacial score (nSPS) is 32.9. The average Bonchev–Trinajstić information content (AvgIpc) is 3.58. The summed E-state index contributed by atoms with van der Waals surface area (Å²) in [4.78, 5) is 15.7. The number of rotatable bonds is 2. The quantitative estimate of drug-likeness (QED) is 0.193. The zero-order valence-electron chi connectivity index (χ0n) is 24.5. The van der Waals surface area contributed by atoms with E-state index in [0.29, 0.717) is 17.5 Å². The second kappa shape index (κ2) is 10.7. The first-order chi connectivity index (χ1) is 20.8. The van der Waals surface area contributed by atoms with Crippen LogP contribution in [-0.4, -0.2) is 39.8 Å². The van der Waals surface area contributed by atoms with Gasteiger partial charge in [-0.15, -0.1) is 5.92 Å². The van der Waals surface area contributed by atoms with Gasteiger partial charge in [0.2, 0.25) is 11.9 Å². The van der Waals surface area contributed by atoms with E-state index in [1.807, 2.05) is 13.0 Å². The first kappa shape index (κ1) is 28.0. The van der Waals surface area contributed by atoms with Gasteiger partial charge in [-0.1, -0.05) is 24.5 Å². The van der Waals surface area contributed by atoms with Crippen LogP contribution in [0.5, 0.6) is 11.5 Å². The SMILES string of the molecule is CC#C[C@]1(O)CC[C@H]2[C@@H]3CCC4=CC(=NNC(=S)N=C5C=CC(=O)C=C5)CCC4=C3[C@@H](c3ccc4c(c3)OCO4)C[C@@]21C. The van der Waals surface area contributed by atoms with Crippen LogP contribution in [0, 0.1) is 29.1 Å². The van der Waals surface area contributed by atoms with Gasteiger partial charge in [-0.25, -0.2) is 4.99 Å². The second-order valence-corrected chi connectivity index (χ2v) is 12.9. The smallest absolute Gasteiger partial charge is 0.231 e. The first-order valence-electron chi connectivity index (χ1n) is 15.1. The van der Waals surface area contributed by atoms with Gasteiger partial charge >= 0.3 is 0 Å². The lowest BCUT2D eigenvalue weighted by atomic mass is 9.51. The number of fused-ring (bicyclic) bond motifs is 5. The minimum Gasteiger partial charge on any atom is -0.454 e. The molecule has 0 saturated heterocycles. The molecule has 1 aromatic rings. The number of allylic oxidation sites excluding steroid dienone is 8. The number of carbonyl (C=O) groups excluding carboxylic acids is 1. The standard InChI is InChI=1S/C35H35N3O4S/c1-3-15-35(40)16-14-29-27-11-4-21-17-24(37-38-33(43)36-23-6-9-25(39)10-7-23)8-12-26(21)32(27)28(19-34(29,35)2)22-5-13-30-31(18-22)42-20-41-30/h5-7,9-10,13,17-18,27-29,40H,4,8,11-12,14,16,19-20H2,1-2H3,(H,38,43)/t27-,28+,29-,34-,35-/m0/s1. The van der Waals surface area contributed by atoms with E-state index >= 15 is 0 Å². The third-order valence-electron chi connectivity index (χ3n) is 10.4. The van der Waals surface area contributed by atoms with Crippen LogP contribution >= 0.6 is 12.2 Å². The highest BCUT2D eigenvalue weighted by Gasteiger charge is 2.62. The van der Waals surface area contributed by atoms with Crippen LogP contribution in [0.2, 0.25) is 0 Å². The second-order valence-electron chi connectivity index (χ2n) is 12.5. The van der Waals surface area contributed by atoms with Crippen molar-refractivity contribution in [3.63, 3.8) is 0 Å². The van der Waals surface area contributed by atoms with Crippen molar-refractivity contribution in [1.82, 2.24) is 5.43 Å². The molecule has 2 saturated carbocycles. The number of ketones is 1. The Morgan fingerprint density at radius 3 is 2.74 bits per heavy atom. The van der Waals surface area contributed by atoms with Crippen LogP contribution in [0.4, 0.5) is 0 Å². The molecule has 1 heterocycles. The lowest BCUT2D eigenvalue weighted by Gasteiger charge is -2.53. The van der Waals surface area contributed by atoms with E-state index < -0.39 is 5.60 Å². The van der Waals surface area contributed by atoms with Crippen molar-refractivity contribution in [2.45, 2.75) is 70.3 Å². The van der Waals surface area contributed by atoms with Gasteiger partial charge < -0.3 is 14.6 Å². The fourth-order valence-electron chi connectivity index (χ4n) is 8.39. The minimum absolute atomic E-state index is 0.0619. The van der Waals surface area contributed by atoms with E-state index in [4.69, 9.17) is 21.7 Å². The molecule has 5 aliphatic carbocycles. The van der Waals surface area contributed by atoms with Crippen LogP contribution in [0.15, 0.2) is 75.4 Å². The minimum atomic E-state index is -0.980. The summed E-state index contributed by atoms with van der Waals surface area (Å²) in [6.07, 6.45) is 14.8. The Hall–Kier alpha value is -3.80. The summed E-state index contributed by atoms with van der Waals surface area (Å²) in [6.45, 7) is 4.36. The molecule has 7 rings (SSSR count). The molecule has 0 spiro atoms. The predicted molar refractivity (Wildman–Crippen MR) is 170 cm³/mol. The third-order valence-corrected chi connectivity index (χ3v) is 10.6. The van der Waals surface area contributed by atoms with Crippen LogP contribution in [0.1, 0.15) is 70.3 Å². The molecule has 220 valence electrons. The Kier molecular flexibility index (Phi) is 6.98.